The molecule has 0 spiro atoms. The minimum Gasteiger partial charge on any atom is -0.384 e. The van der Waals surface area contributed by atoms with Crippen LogP contribution in [0, 0.1) is 0 Å². The molecule has 0 atom stereocenters. The number of nitrogen functional groups attached to an aromatic ring is 1. The maximum Gasteiger partial charge on any atom is 0.122 e. The molecule has 0 aliphatic heterocycles. The molecule has 0 saturated carbocycles. The first-order valence-corrected chi connectivity index (χ1v) is 5.50. The molecule has 2 rings (SSSR count). The van der Waals surface area contributed by atoms with Crippen molar-refractivity contribution in [3.05, 3.63) is 22.9 Å². The summed E-state index contributed by atoms with van der Waals surface area (Å²) >= 11 is 1.67. The Hall–Kier alpha value is -1.29. The van der Waals surface area contributed by atoms with Crippen LogP contribution in [-0.2, 0) is 0 Å². The van der Waals surface area contributed by atoms with Crippen LogP contribution >= 0.6 is 11.3 Å². The third-order valence-corrected chi connectivity index (χ3v) is 2.75. The van der Waals surface area contributed by atoms with Crippen molar-refractivity contribution >= 4 is 17.2 Å². The molecule has 0 unspecified atom stereocenters. The van der Waals surface area contributed by atoms with E-state index in [1.807, 2.05) is 16.1 Å². The summed E-state index contributed by atoms with van der Waals surface area (Å²) in [5.74, 6) is 0.723. The number of hydrogen-bond donors (Lipinski definition) is 1. The number of thiophene rings is 1. The predicted molar refractivity (Wildman–Crippen MR) is 60.3 cm³/mol. The fourth-order valence-electron chi connectivity index (χ4n) is 1.37. The van der Waals surface area contributed by atoms with Crippen molar-refractivity contribution in [1.29, 1.82) is 0 Å². The summed E-state index contributed by atoms with van der Waals surface area (Å²) in [5, 5.41) is 8.57. The van der Waals surface area contributed by atoms with Crippen molar-refractivity contribution in [1.82, 2.24) is 9.78 Å². The van der Waals surface area contributed by atoms with Gasteiger partial charge in [0.25, 0.3) is 0 Å². The Labute approximate surface area is 87.2 Å². The highest BCUT2D eigenvalue weighted by Gasteiger charge is 2.09. The molecule has 3 nitrogen and oxygen atoms in total. The van der Waals surface area contributed by atoms with Crippen molar-refractivity contribution in [3.63, 3.8) is 0 Å². The molecule has 14 heavy (non-hydrogen) atoms. The molecule has 0 amide bonds. The van der Waals surface area contributed by atoms with Gasteiger partial charge in [-0.25, -0.2) is 4.68 Å². The second-order valence-electron chi connectivity index (χ2n) is 3.50. The second-order valence-corrected chi connectivity index (χ2v) is 4.28. The number of aromatic nitrogens is 2. The van der Waals surface area contributed by atoms with Crippen molar-refractivity contribution in [2.45, 2.75) is 19.9 Å². The molecule has 0 radical (unpaired) electrons. The fraction of sp³-hybridized carbons (Fsp3) is 0.300. The average Bonchev–Trinajstić information content (AvgIpc) is 2.70. The molecule has 0 bridgehead atoms. The molecule has 2 aromatic rings. The van der Waals surface area contributed by atoms with E-state index in [1.54, 1.807) is 11.3 Å². The van der Waals surface area contributed by atoms with Gasteiger partial charge in [-0.2, -0.15) is 16.4 Å². The van der Waals surface area contributed by atoms with Gasteiger partial charge >= 0.3 is 0 Å². The van der Waals surface area contributed by atoms with Gasteiger partial charge in [0.1, 0.15) is 5.82 Å². The first kappa shape index (κ1) is 9.27. The summed E-state index contributed by atoms with van der Waals surface area (Å²) in [6, 6.07) is 4.28. The molecule has 2 aromatic heterocycles. The van der Waals surface area contributed by atoms with Gasteiger partial charge in [-0.05, 0) is 25.3 Å². The fourth-order valence-corrected chi connectivity index (χ4v) is 2.02. The molecule has 0 aliphatic rings. The van der Waals surface area contributed by atoms with Gasteiger partial charge in [0, 0.05) is 23.1 Å². The van der Waals surface area contributed by atoms with Crippen molar-refractivity contribution < 1.29 is 0 Å². The van der Waals surface area contributed by atoms with Crippen LogP contribution in [0.5, 0.6) is 0 Å². The topological polar surface area (TPSA) is 43.8 Å². The van der Waals surface area contributed by atoms with E-state index in [-0.39, 0.29) is 0 Å². The number of hydrogen-bond acceptors (Lipinski definition) is 3. The zero-order valence-electron chi connectivity index (χ0n) is 8.27. The lowest BCUT2D eigenvalue weighted by molar-refractivity contribution is 0.542. The van der Waals surface area contributed by atoms with Crippen LogP contribution in [0.4, 0.5) is 5.82 Å². The van der Waals surface area contributed by atoms with Crippen molar-refractivity contribution in [3.8, 4) is 11.3 Å². The first-order valence-electron chi connectivity index (χ1n) is 4.56. The van der Waals surface area contributed by atoms with Gasteiger partial charge in [0.2, 0.25) is 0 Å². The summed E-state index contributed by atoms with van der Waals surface area (Å²) in [5.41, 5.74) is 7.95. The lowest BCUT2D eigenvalue weighted by Gasteiger charge is -2.06. The van der Waals surface area contributed by atoms with Crippen LogP contribution in [0.2, 0.25) is 0 Å². The minimum atomic E-state index is 0.308. The SMILES string of the molecule is CC(C)n1nc(-c2ccsc2)cc1N. The quantitative estimate of drug-likeness (QED) is 0.823. The molecule has 74 valence electrons. The number of rotatable bonds is 2. The van der Waals surface area contributed by atoms with Crippen LogP contribution in [0.3, 0.4) is 0 Å². The van der Waals surface area contributed by atoms with Gasteiger partial charge < -0.3 is 5.73 Å². The van der Waals surface area contributed by atoms with Crippen molar-refractivity contribution in [2.75, 3.05) is 5.73 Å². The van der Waals surface area contributed by atoms with E-state index in [2.05, 4.69) is 30.4 Å². The average molecular weight is 207 g/mol. The molecule has 2 heterocycles. The Morgan fingerprint density at radius 1 is 1.50 bits per heavy atom. The van der Waals surface area contributed by atoms with Crippen LogP contribution in [-0.4, -0.2) is 9.78 Å². The zero-order valence-corrected chi connectivity index (χ0v) is 9.08. The minimum absolute atomic E-state index is 0.308. The number of nitrogens with zero attached hydrogens (tertiary/aromatic N) is 2. The van der Waals surface area contributed by atoms with Gasteiger partial charge in [-0.1, -0.05) is 0 Å². The Bertz CT molecular complexity index is 415. The van der Waals surface area contributed by atoms with Crippen LogP contribution in [0.25, 0.3) is 11.3 Å². The maximum absolute atomic E-state index is 5.85. The van der Waals surface area contributed by atoms with Gasteiger partial charge in [0.05, 0.1) is 5.69 Å². The first-order chi connectivity index (χ1) is 6.68. The van der Waals surface area contributed by atoms with E-state index in [1.165, 1.54) is 0 Å². The van der Waals surface area contributed by atoms with Crippen molar-refractivity contribution in [2.24, 2.45) is 0 Å². The summed E-state index contributed by atoms with van der Waals surface area (Å²) < 4.78 is 1.84. The molecule has 0 fully saturated rings. The second kappa shape index (κ2) is 3.46. The van der Waals surface area contributed by atoms with Crippen LogP contribution in [0.15, 0.2) is 22.9 Å². The lowest BCUT2D eigenvalue weighted by Crippen LogP contribution is -2.06. The van der Waals surface area contributed by atoms with E-state index in [4.69, 9.17) is 5.73 Å². The lowest BCUT2D eigenvalue weighted by atomic mass is 10.2. The zero-order chi connectivity index (χ0) is 10.1. The Morgan fingerprint density at radius 2 is 2.29 bits per heavy atom. The molecule has 0 aliphatic carbocycles. The number of nitrogens with two attached hydrogens (primary N) is 1. The molecule has 0 saturated heterocycles. The molecular formula is C10H13N3S. The monoisotopic (exact) mass is 207 g/mol. The Kier molecular flexibility index (Phi) is 2.29. The third-order valence-electron chi connectivity index (χ3n) is 2.07. The van der Waals surface area contributed by atoms with Crippen LogP contribution < -0.4 is 5.73 Å². The summed E-state index contributed by atoms with van der Waals surface area (Å²) in [6.07, 6.45) is 0. The number of anilines is 1. The van der Waals surface area contributed by atoms with Crippen LogP contribution in [0.1, 0.15) is 19.9 Å². The summed E-state index contributed by atoms with van der Waals surface area (Å²) in [6.45, 7) is 4.14. The third kappa shape index (κ3) is 1.53. The van der Waals surface area contributed by atoms with Gasteiger partial charge in [0.15, 0.2) is 0 Å². The van der Waals surface area contributed by atoms with Gasteiger partial charge in [-0.3, -0.25) is 0 Å². The normalized spacial score (nSPS) is 11.1. The molecule has 4 heteroatoms. The Balaban J connectivity index is 2.43. The largest absolute Gasteiger partial charge is 0.384 e. The summed E-state index contributed by atoms with van der Waals surface area (Å²) in [4.78, 5) is 0. The van der Waals surface area contributed by atoms with E-state index in [9.17, 15) is 0 Å². The smallest absolute Gasteiger partial charge is 0.122 e. The van der Waals surface area contributed by atoms with E-state index >= 15 is 0 Å². The molecule has 2 N–H and O–H groups in total. The standard InChI is InChI=1S/C10H13N3S/c1-7(2)13-10(11)5-9(12-13)8-3-4-14-6-8/h3-7H,11H2,1-2H3. The van der Waals surface area contributed by atoms with E-state index < -0.39 is 0 Å². The highest BCUT2D eigenvalue weighted by atomic mass is 32.1. The predicted octanol–water partition coefficient (Wildman–Crippen LogP) is 2.77. The van der Waals surface area contributed by atoms with E-state index in [0.717, 1.165) is 17.1 Å². The molecular weight excluding hydrogens is 194 g/mol. The highest BCUT2D eigenvalue weighted by molar-refractivity contribution is 7.08. The highest BCUT2D eigenvalue weighted by Crippen LogP contribution is 2.24. The maximum atomic E-state index is 5.85. The molecule has 0 aromatic carbocycles. The van der Waals surface area contributed by atoms with Gasteiger partial charge in [-0.15, -0.1) is 0 Å². The Morgan fingerprint density at radius 3 is 2.79 bits per heavy atom. The summed E-state index contributed by atoms with van der Waals surface area (Å²) in [7, 11) is 0. The van der Waals surface area contributed by atoms with E-state index in [0.29, 0.717) is 6.04 Å².